The third-order valence-electron chi connectivity index (χ3n) is 4.29. The number of furan rings is 1. The topological polar surface area (TPSA) is 88.3 Å². The van der Waals surface area contributed by atoms with Crippen LogP contribution in [-0.2, 0) is 20.7 Å². The second kappa shape index (κ2) is 12.5. The van der Waals surface area contributed by atoms with Gasteiger partial charge in [-0.05, 0) is 39.3 Å². The van der Waals surface area contributed by atoms with E-state index in [0.29, 0.717) is 25.5 Å². The molecule has 8 heteroatoms. The van der Waals surface area contributed by atoms with E-state index in [1.54, 1.807) is 6.26 Å². The summed E-state index contributed by atoms with van der Waals surface area (Å²) >= 11 is 0. The zero-order valence-electron chi connectivity index (χ0n) is 18.0. The zero-order chi connectivity index (χ0) is 21.0. The smallest absolute Gasteiger partial charge is 0.308 e. The minimum atomic E-state index is -0.464. The van der Waals surface area contributed by atoms with E-state index < -0.39 is 5.60 Å². The summed E-state index contributed by atoms with van der Waals surface area (Å²) in [7, 11) is 0. The van der Waals surface area contributed by atoms with Crippen molar-refractivity contribution in [2.45, 2.75) is 45.6 Å². The molecule has 1 fully saturated rings. The van der Waals surface area contributed by atoms with Gasteiger partial charge in [-0.2, -0.15) is 0 Å². The largest absolute Gasteiger partial charge is 0.469 e. The molecule has 1 aliphatic heterocycles. The number of guanidine groups is 1. The lowest BCUT2D eigenvalue weighted by Gasteiger charge is -2.26. The van der Waals surface area contributed by atoms with Gasteiger partial charge in [-0.3, -0.25) is 14.7 Å². The Morgan fingerprint density at radius 3 is 2.69 bits per heavy atom. The maximum absolute atomic E-state index is 11.9. The monoisotopic (exact) mass is 408 g/mol. The van der Waals surface area contributed by atoms with Crippen LogP contribution < -0.4 is 10.6 Å². The molecule has 0 atom stereocenters. The molecule has 0 spiro atoms. The lowest BCUT2D eigenvalue weighted by atomic mass is 10.2. The van der Waals surface area contributed by atoms with Crippen LogP contribution in [0.5, 0.6) is 0 Å². The summed E-state index contributed by atoms with van der Waals surface area (Å²) in [5, 5.41) is 6.54. The number of hydrogen-bond donors (Lipinski definition) is 2. The number of aliphatic imine (C=N–C) groups is 1. The van der Waals surface area contributed by atoms with Crippen molar-refractivity contribution in [3.63, 3.8) is 0 Å². The highest BCUT2D eigenvalue weighted by Crippen LogP contribution is 2.07. The van der Waals surface area contributed by atoms with Gasteiger partial charge < -0.3 is 24.5 Å². The van der Waals surface area contributed by atoms with Crippen LogP contribution in [0.25, 0.3) is 0 Å². The summed E-state index contributed by atoms with van der Waals surface area (Å²) in [5.41, 5.74) is -0.464. The van der Waals surface area contributed by atoms with E-state index in [1.807, 2.05) is 32.9 Å². The van der Waals surface area contributed by atoms with E-state index in [2.05, 4.69) is 20.5 Å². The summed E-state index contributed by atoms with van der Waals surface area (Å²) in [4.78, 5) is 18.9. The van der Waals surface area contributed by atoms with Gasteiger partial charge in [0.25, 0.3) is 0 Å². The number of hydrogen-bond acceptors (Lipinski definition) is 6. The third-order valence-corrected chi connectivity index (χ3v) is 4.29. The number of nitrogens with one attached hydrogen (secondary N) is 2. The van der Waals surface area contributed by atoms with Gasteiger partial charge in [0.05, 0.1) is 25.9 Å². The van der Waals surface area contributed by atoms with Gasteiger partial charge >= 0.3 is 5.97 Å². The first-order valence-electron chi connectivity index (χ1n) is 10.5. The molecule has 2 heterocycles. The van der Waals surface area contributed by atoms with E-state index in [9.17, 15) is 4.79 Å². The Morgan fingerprint density at radius 2 is 2.00 bits per heavy atom. The normalized spacial score (nSPS) is 15.9. The highest BCUT2D eigenvalue weighted by Gasteiger charge is 2.16. The second-order valence-corrected chi connectivity index (χ2v) is 8.06. The molecule has 0 bridgehead atoms. The average molecular weight is 409 g/mol. The number of rotatable bonds is 10. The van der Waals surface area contributed by atoms with Crippen LogP contribution in [0.4, 0.5) is 0 Å². The van der Waals surface area contributed by atoms with Gasteiger partial charge in [-0.25, -0.2) is 0 Å². The van der Waals surface area contributed by atoms with Crippen molar-refractivity contribution in [2.24, 2.45) is 4.99 Å². The maximum atomic E-state index is 11.9. The van der Waals surface area contributed by atoms with E-state index in [0.717, 1.165) is 58.0 Å². The fraction of sp³-hybridized carbons (Fsp3) is 0.714. The van der Waals surface area contributed by atoms with Crippen LogP contribution in [-0.4, -0.2) is 74.9 Å². The van der Waals surface area contributed by atoms with Crippen molar-refractivity contribution >= 4 is 11.9 Å². The van der Waals surface area contributed by atoms with Crippen LogP contribution in [0, 0.1) is 0 Å². The number of morpholine rings is 1. The molecule has 164 valence electrons. The summed E-state index contributed by atoms with van der Waals surface area (Å²) in [5.74, 6) is 1.42. The lowest BCUT2D eigenvalue weighted by Crippen LogP contribution is -2.40. The molecule has 1 aliphatic rings. The Labute approximate surface area is 174 Å². The molecule has 1 aromatic rings. The van der Waals surface area contributed by atoms with Crippen LogP contribution in [0.1, 0.15) is 39.4 Å². The molecule has 0 unspecified atom stereocenters. The van der Waals surface area contributed by atoms with Gasteiger partial charge in [0.2, 0.25) is 0 Å². The van der Waals surface area contributed by atoms with Crippen LogP contribution in [0.3, 0.4) is 0 Å². The SMILES string of the molecule is CC(C)(C)OC(=O)CCNC(=NCCCN1CCOCC1)NCCc1ccco1. The average Bonchev–Trinajstić information content (AvgIpc) is 3.17. The fourth-order valence-electron chi connectivity index (χ4n) is 2.92. The molecule has 0 saturated carbocycles. The zero-order valence-corrected chi connectivity index (χ0v) is 18.0. The molecule has 2 rings (SSSR count). The molecule has 0 aromatic carbocycles. The molecule has 0 aliphatic carbocycles. The third kappa shape index (κ3) is 10.9. The number of carbonyl (C=O) groups excluding carboxylic acids is 1. The standard InChI is InChI=1S/C21H36N4O4/c1-21(2,3)29-19(26)8-11-24-20(23-10-7-18-6-4-15-28-18)22-9-5-12-25-13-16-27-17-14-25/h4,6,15H,5,7-14,16-17H2,1-3H3,(H2,22,23,24). The molecular formula is C21H36N4O4. The Hall–Kier alpha value is -2.06. The molecule has 8 nitrogen and oxygen atoms in total. The highest BCUT2D eigenvalue weighted by molar-refractivity contribution is 5.80. The van der Waals surface area contributed by atoms with E-state index in [1.165, 1.54) is 0 Å². The van der Waals surface area contributed by atoms with E-state index >= 15 is 0 Å². The van der Waals surface area contributed by atoms with E-state index in [-0.39, 0.29) is 5.97 Å². The van der Waals surface area contributed by atoms with Crippen LogP contribution in [0.15, 0.2) is 27.8 Å². The van der Waals surface area contributed by atoms with Gasteiger partial charge in [-0.15, -0.1) is 0 Å². The predicted octanol–water partition coefficient (Wildman–Crippen LogP) is 1.81. The Kier molecular flexibility index (Phi) is 10.0. The number of carbonyl (C=O) groups is 1. The Morgan fingerprint density at radius 1 is 1.24 bits per heavy atom. The van der Waals surface area contributed by atoms with E-state index in [4.69, 9.17) is 13.9 Å². The second-order valence-electron chi connectivity index (χ2n) is 8.06. The molecular weight excluding hydrogens is 372 g/mol. The fourth-order valence-corrected chi connectivity index (χ4v) is 2.92. The van der Waals surface area contributed by atoms with Gasteiger partial charge in [0.1, 0.15) is 11.4 Å². The number of esters is 1. The molecule has 2 N–H and O–H groups in total. The molecule has 29 heavy (non-hydrogen) atoms. The molecule has 1 aromatic heterocycles. The first kappa shape index (κ1) is 23.2. The number of nitrogens with zero attached hydrogens (tertiary/aromatic N) is 2. The first-order valence-corrected chi connectivity index (χ1v) is 10.5. The van der Waals surface area contributed by atoms with Gasteiger partial charge in [0, 0.05) is 45.7 Å². The minimum absolute atomic E-state index is 0.216. The minimum Gasteiger partial charge on any atom is -0.469 e. The maximum Gasteiger partial charge on any atom is 0.308 e. The van der Waals surface area contributed by atoms with Crippen molar-refractivity contribution < 1.29 is 18.7 Å². The van der Waals surface area contributed by atoms with Crippen molar-refractivity contribution in [1.82, 2.24) is 15.5 Å². The predicted molar refractivity (Wildman–Crippen MR) is 113 cm³/mol. The molecule has 0 amide bonds. The van der Waals surface area contributed by atoms with Crippen molar-refractivity contribution in [2.75, 3.05) is 52.5 Å². The Balaban J connectivity index is 1.73. The lowest BCUT2D eigenvalue weighted by molar-refractivity contribution is -0.154. The van der Waals surface area contributed by atoms with Gasteiger partial charge in [-0.1, -0.05) is 0 Å². The first-order chi connectivity index (χ1) is 13.9. The van der Waals surface area contributed by atoms with Gasteiger partial charge in [0.15, 0.2) is 5.96 Å². The molecule has 1 saturated heterocycles. The van der Waals surface area contributed by atoms with Crippen molar-refractivity contribution in [3.8, 4) is 0 Å². The summed E-state index contributed by atoms with van der Waals surface area (Å²) < 4.78 is 16.1. The van der Waals surface area contributed by atoms with Crippen LogP contribution in [0.2, 0.25) is 0 Å². The summed E-state index contributed by atoms with van der Waals surface area (Å²) in [6.07, 6.45) is 3.73. The Bertz CT molecular complexity index is 605. The van der Waals surface area contributed by atoms with Crippen LogP contribution >= 0.6 is 0 Å². The highest BCUT2D eigenvalue weighted by atomic mass is 16.6. The summed E-state index contributed by atoms with van der Waals surface area (Å²) in [6.45, 7) is 12.1. The van der Waals surface area contributed by atoms with Crippen molar-refractivity contribution in [3.05, 3.63) is 24.2 Å². The summed E-state index contributed by atoms with van der Waals surface area (Å²) in [6, 6.07) is 3.84. The molecule has 0 radical (unpaired) electrons. The number of ether oxygens (including phenoxy) is 2. The quantitative estimate of drug-likeness (QED) is 0.264. The van der Waals surface area contributed by atoms with Crippen molar-refractivity contribution in [1.29, 1.82) is 0 Å².